The Morgan fingerprint density at radius 2 is 1.61 bits per heavy atom. The summed E-state index contributed by atoms with van der Waals surface area (Å²) in [5, 5.41) is 2.70. The predicted molar refractivity (Wildman–Crippen MR) is 116 cm³/mol. The van der Waals surface area contributed by atoms with Crippen molar-refractivity contribution in [2.75, 3.05) is 0 Å². The van der Waals surface area contributed by atoms with Gasteiger partial charge >= 0.3 is 6.03 Å². The molecule has 3 rings (SSSR count). The van der Waals surface area contributed by atoms with E-state index in [1.54, 1.807) is 64.1 Å². The van der Waals surface area contributed by atoms with Gasteiger partial charge in [-0.2, -0.15) is 0 Å². The molecule has 2 atom stereocenters. The van der Waals surface area contributed by atoms with Crippen LogP contribution in [0.5, 0.6) is 0 Å². The van der Waals surface area contributed by atoms with Gasteiger partial charge in [-0.25, -0.2) is 13.6 Å². The van der Waals surface area contributed by atoms with Crippen molar-refractivity contribution >= 4 is 11.9 Å². The normalized spacial score (nSPS) is 18.7. The van der Waals surface area contributed by atoms with Gasteiger partial charge in [0.25, 0.3) is 0 Å². The fraction of sp³-hybridized carbons (Fsp3) is 0.391. The molecule has 3 amide bonds. The Bertz CT molecular complexity index is 957. The van der Waals surface area contributed by atoms with Gasteiger partial charge in [0.1, 0.15) is 11.6 Å². The molecule has 6 nitrogen and oxygen atoms in total. The number of rotatable bonds is 3. The maximum absolute atomic E-state index is 13.9. The standard InChI is InChI=1S/C13H15FN2O2.C10H15FN2/c1-8(17)16-11(13(2,3)15-12(16)18)9-6-4-5-7-10(9)14;1-10(2,13)9(12)7-5-3-4-6-8(7)11/h4-7,11H,1-3H3,(H,15,18);3-6,9H,12-13H2,1-2H3. The van der Waals surface area contributed by atoms with Gasteiger partial charge in [0.2, 0.25) is 5.91 Å². The number of halogens is 2. The van der Waals surface area contributed by atoms with Gasteiger partial charge in [-0.15, -0.1) is 0 Å². The van der Waals surface area contributed by atoms with E-state index in [0.29, 0.717) is 11.1 Å². The molecule has 0 saturated carbocycles. The molecule has 0 aliphatic carbocycles. The first-order chi connectivity index (χ1) is 14.3. The summed E-state index contributed by atoms with van der Waals surface area (Å²) >= 11 is 0. The van der Waals surface area contributed by atoms with E-state index >= 15 is 0 Å². The van der Waals surface area contributed by atoms with Crippen molar-refractivity contribution in [2.24, 2.45) is 11.5 Å². The van der Waals surface area contributed by atoms with Gasteiger partial charge in [-0.05, 0) is 39.8 Å². The van der Waals surface area contributed by atoms with Crippen molar-refractivity contribution in [3.63, 3.8) is 0 Å². The van der Waals surface area contributed by atoms with Crippen LogP contribution in [0.1, 0.15) is 57.8 Å². The van der Waals surface area contributed by atoms with Crippen molar-refractivity contribution in [1.82, 2.24) is 10.2 Å². The van der Waals surface area contributed by atoms with Crippen molar-refractivity contribution < 1.29 is 18.4 Å². The topological polar surface area (TPSA) is 101 Å². The lowest BCUT2D eigenvalue weighted by atomic mass is 9.89. The Morgan fingerprint density at radius 1 is 1.10 bits per heavy atom. The minimum absolute atomic E-state index is 0.298. The number of imide groups is 1. The molecule has 1 heterocycles. The fourth-order valence-electron chi connectivity index (χ4n) is 3.52. The largest absolute Gasteiger partial charge is 0.330 e. The zero-order chi connectivity index (χ0) is 23.6. The lowest BCUT2D eigenvalue weighted by molar-refractivity contribution is -0.127. The zero-order valence-corrected chi connectivity index (χ0v) is 18.4. The van der Waals surface area contributed by atoms with Crippen LogP contribution in [0.4, 0.5) is 13.6 Å². The molecule has 1 fully saturated rings. The molecule has 1 aliphatic rings. The summed E-state index contributed by atoms with van der Waals surface area (Å²) in [6, 6.07) is 11.0. The Labute approximate surface area is 181 Å². The van der Waals surface area contributed by atoms with Gasteiger partial charge in [-0.3, -0.25) is 9.69 Å². The first-order valence-electron chi connectivity index (χ1n) is 9.92. The Hall–Kier alpha value is -2.84. The van der Waals surface area contributed by atoms with Gasteiger partial charge in [0.15, 0.2) is 0 Å². The van der Waals surface area contributed by atoms with E-state index in [4.69, 9.17) is 11.5 Å². The summed E-state index contributed by atoms with van der Waals surface area (Å²) in [6.07, 6.45) is 0. The monoisotopic (exact) mass is 432 g/mol. The summed E-state index contributed by atoms with van der Waals surface area (Å²) in [5.74, 6) is -1.11. The minimum Gasteiger partial charge on any atom is -0.330 e. The molecular weight excluding hydrogens is 402 g/mol. The van der Waals surface area contributed by atoms with Crippen molar-refractivity contribution in [3.8, 4) is 0 Å². The molecule has 168 valence electrons. The number of hydrogen-bond donors (Lipinski definition) is 3. The number of carbonyl (C=O) groups is 2. The number of urea groups is 1. The van der Waals surface area contributed by atoms with Gasteiger partial charge in [-0.1, -0.05) is 36.4 Å². The number of hydrogen-bond acceptors (Lipinski definition) is 4. The van der Waals surface area contributed by atoms with Crippen LogP contribution in [0.25, 0.3) is 0 Å². The van der Waals surface area contributed by atoms with Crippen molar-refractivity contribution in [1.29, 1.82) is 0 Å². The van der Waals surface area contributed by atoms with Crippen LogP contribution in [0.15, 0.2) is 48.5 Å². The van der Waals surface area contributed by atoms with E-state index < -0.39 is 40.9 Å². The lowest BCUT2D eigenvalue weighted by Crippen LogP contribution is -2.44. The number of nitrogens with one attached hydrogen (secondary N) is 1. The van der Waals surface area contributed by atoms with Gasteiger partial charge in [0.05, 0.1) is 17.6 Å². The summed E-state index contributed by atoms with van der Waals surface area (Å²) in [6.45, 7) is 8.40. The van der Waals surface area contributed by atoms with Crippen molar-refractivity contribution in [2.45, 2.75) is 57.8 Å². The number of nitrogens with two attached hydrogens (primary N) is 2. The summed E-state index contributed by atoms with van der Waals surface area (Å²) in [5.41, 5.74) is 11.1. The third-order valence-corrected chi connectivity index (χ3v) is 5.17. The molecule has 0 aromatic heterocycles. The molecule has 2 aromatic rings. The molecule has 1 aliphatic heterocycles. The molecule has 0 spiro atoms. The van der Waals surface area contributed by atoms with Crippen LogP contribution in [0.3, 0.4) is 0 Å². The molecule has 31 heavy (non-hydrogen) atoms. The highest BCUT2D eigenvalue weighted by Crippen LogP contribution is 2.37. The average molecular weight is 433 g/mol. The van der Waals surface area contributed by atoms with Crippen LogP contribution in [0, 0.1) is 11.6 Å². The van der Waals surface area contributed by atoms with Crippen LogP contribution < -0.4 is 16.8 Å². The molecule has 0 bridgehead atoms. The highest BCUT2D eigenvalue weighted by molar-refractivity contribution is 5.96. The molecular formula is C23H30F2N4O2. The van der Waals surface area contributed by atoms with Gasteiger partial charge < -0.3 is 16.8 Å². The summed E-state index contributed by atoms with van der Waals surface area (Å²) in [7, 11) is 0. The number of benzene rings is 2. The Balaban J connectivity index is 0.000000233. The molecule has 1 saturated heterocycles. The highest BCUT2D eigenvalue weighted by atomic mass is 19.1. The van der Waals surface area contributed by atoms with Crippen LogP contribution in [-0.2, 0) is 4.79 Å². The van der Waals surface area contributed by atoms with E-state index in [1.807, 2.05) is 0 Å². The van der Waals surface area contributed by atoms with Crippen LogP contribution in [0.2, 0.25) is 0 Å². The van der Waals surface area contributed by atoms with Crippen LogP contribution in [-0.4, -0.2) is 27.9 Å². The summed E-state index contributed by atoms with van der Waals surface area (Å²) < 4.78 is 27.1. The average Bonchev–Trinajstić information content (AvgIpc) is 2.90. The fourth-order valence-corrected chi connectivity index (χ4v) is 3.52. The Kier molecular flexibility index (Phi) is 7.18. The minimum atomic E-state index is -0.703. The van der Waals surface area contributed by atoms with E-state index in [1.165, 1.54) is 19.1 Å². The molecule has 2 aromatic carbocycles. The predicted octanol–water partition coefficient (Wildman–Crippen LogP) is 3.78. The van der Waals surface area contributed by atoms with E-state index in [9.17, 15) is 18.4 Å². The second-order valence-corrected chi connectivity index (χ2v) is 8.79. The van der Waals surface area contributed by atoms with E-state index in [-0.39, 0.29) is 5.82 Å². The molecule has 5 N–H and O–H groups in total. The molecule has 0 radical (unpaired) electrons. The third-order valence-electron chi connectivity index (χ3n) is 5.17. The zero-order valence-electron chi connectivity index (χ0n) is 18.4. The first kappa shape index (κ1) is 24.4. The lowest BCUT2D eigenvalue weighted by Gasteiger charge is -2.29. The van der Waals surface area contributed by atoms with E-state index in [0.717, 1.165) is 4.90 Å². The Morgan fingerprint density at radius 3 is 2.10 bits per heavy atom. The third kappa shape index (κ3) is 5.45. The SMILES string of the molecule is CC(=O)N1C(=O)NC(C)(C)C1c1ccccc1F.CC(C)(N)C(N)c1ccccc1F. The molecule has 2 unspecified atom stereocenters. The number of amides is 3. The maximum Gasteiger partial charge on any atom is 0.325 e. The second kappa shape index (κ2) is 9.11. The second-order valence-electron chi connectivity index (χ2n) is 8.79. The number of carbonyl (C=O) groups excluding carboxylic acids is 2. The highest BCUT2D eigenvalue weighted by Gasteiger charge is 2.48. The first-order valence-corrected chi connectivity index (χ1v) is 9.92. The number of nitrogens with zero attached hydrogens (tertiary/aromatic N) is 1. The smallest absolute Gasteiger partial charge is 0.325 e. The molecule has 8 heteroatoms. The summed E-state index contributed by atoms with van der Waals surface area (Å²) in [4.78, 5) is 24.4. The van der Waals surface area contributed by atoms with E-state index in [2.05, 4.69) is 5.32 Å². The quantitative estimate of drug-likeness (QED) is 0.687. The van der Waals surface area contributed by atoms with Crippen LogP contribution >= 0.6 is 0 Å². The van der Waals surface area contributed by atoms with Gasteiger partial charge in [0, 0.05) is 23.6 Å². The maximum atomic E-state index is 13.9. The van der Waals surface area contributed by atoms with Crippen molar-refractivity contribution in [3.05, 3.63) is 71.3 Å².